The third-order valence-corrected chi connectivity index (χ3v) is 7.87. The van der Waals surface area contributed by atoms with E-state index in [1.54, 1.807) is 30.3 Å². The Morgan fingerprint density at radius 3 is 2.27 bits per heavy atom. The van der Waals surface area contributed by atoms with Gasteiger partial charge in [0.1, 0.15) is 0 Å². The molecular formula is C15H21NO4S2. The van der Waals surface area contributed by atoms with Gasteiger partial charge in [0, 0.05) is 18.6 Å². The predicted octanol–water partition coefficient (Wildman–Crippen LogP) is 1.11. The molecule has 0 radical (unpaired) electrons. The number of nitrogens with zero attached hydrogens (tertiary/aromatic N) is 1. The molecule has 22 heavy (non-hydrogen) atoms. The summed E-state index contributed by atoms with van der Waals surface area (Å²) in [5, 5.41) is 0. The summed E-state index contributed by atoms with van der Waals surface area (Å²) in [7, 11) is -6.25. The van der Waals surface area contributed by atoms with Crippen molar-refractivity contribution in [3.05, 3.63) is 30.3 Å². The van der Waals surface area contributed by atoms with Crippen molar-refractivity contribution in [3.8, 4) is 0 Å². The highest BCUT2D eigenvalue weighted by Gasteiger charge is 2.39. The Hall–Kier alpha value is -0.920. The lowest BCUT2D eigenvalue weighted by molar-refractivity contribution is 0.214. The molecule has 1 heterocycles. The van der Waals surface area contributed by atoms with Gasteiger partial charge in [-0.3, -0.25) is 4.90 Å². The van der Waals surface area contributed by atoms with Gasteiger partial charge in [-0.2, -0.15) is 0 Å². The van der Waals surface area contributed by atoms with E-state index >= 15 is 0 Å². The fourth-order valence-corrected chi connectivity index (χ4v) is 6.08. The Kier molecular flexibility index (Phi) is 4.31. The van der Waals surface area contributed by atoms with Gasteiger partial charge in [0.25, 0.3) is 0 Å². The summed E-state index contributed by atoms with van der Waals surface area (Å²) in [5.74, 6) is 0.450. The van der Waals surface area contributed by atoms with Crippen LogP contribution in [0, 0.1) is 0 Å². The molecule has 0 spiro atoms. The zero-order valence-electron chi connectivity index (χ0n) is 12.4. The molecule has 1 saturated carbocycles. The fourth-order valence-electron chi connectivity index (χ4n) is 3.08. The molecule has 1 saturated heterocycles. The van der Waals surface area contributed by atoms with Gasteiger partial charge in [0.15, 0.2) is 19.7 Å². The molecule has 1 atom stereocenters. The Labute approximate surface area is 132 Å². The zero-order valence-corrected chi connectivity index (χ0v) is 14.0. The van der Waals surface area contributed by atoms with Crippen LogP contribution in [0.3, 0.4) is 0 Å². The van der Waals surface area contributed by atoms with Gasteiger partial charge in [-0.15, -0.1) is 0 Å². The van der Waals surface area contributed by atoms with Crippen molar-refractivity contribution in [2.75, 3.05) is 23.8 Å². The van der Waals surface area contributed by atoms with Crippen LogP contribution in [0.2, 0.25) is 0 Å². The first-order valence-corrected chi connectivity index (χ1v) is 11.1. The fraction of sp³-hybridized carbons (Fsp3) is 0.600. The van der Waals surface area contributed by atoms with Crippen LogP contribution in [0.25, 0.3) is 0 Å². The maximum absolute atomic E-state index is 12.4. The van der Waals surface area contributed by atoms with Gasteiger partial charge in [0.05, 0.1) is 22.2 Å². The van der Waals surface area contributed by atoms with E-state index in [-0.39, 0.29) is 23.3 Å². The van der Waals surface area contributed by atoms with Crippen molar-refractivity contribution in [2.45, 2.75) is 36.2 Å². The number of rotatable bonds is 6. The summed E-state index contributed by atoms with van der Waals surface area (Å²) in [6.45, 7) is 0.419. The molecule has 2 aliphatic rings. The van der Waals surface area contributed by atoms with Crippen LogP contribution >= 0.6 is 0 Å². The third kappa shape index (κ3) is 3.70. The maximum atomic E-state index is 12.4. The van der Waals surface area contributed by atoms with E-state index in [0.29, 0.717) is 23.9 Å². The summed E-state index contributed by atoms with van der Waals surface area (Å²) < 4.78 is 48.1. The third-order valence-electron chi connectivity index (χ3n) is 4.41. The molecule has 1 aromatic carbocycles. The first-order chi connectivity index (χ1) is 10.4. The lowest BCUT2D eigenvalue weighted by Crippen LogP contribution is -2.41. The molecule has 0 N–H and O–H groups in total. The summed E-state index contributed by atoms with van der Waals surface area (Å²) in [6, 6.07) is 8.80. The van der Waals surface area contributed by atoms with E-state index in [9.17, 15) is 16.8 Å². The number of hydrogen-bond acceptors (Lipinski definition) is 5. The second kappa shape index (κ2) is 5.94. The van der Waals surface area contributed by atoms with Crippen molar-refractivity contribution >= 4 is 19.7 Å². The van der Waals surface area contributed by atoms with Gasteiger partial charge in [-0.1, -0.05) is 18.2 Å². The number of sulfone groups is 2. The van der Waals surface area contributed by atoms with Gasteiger partial charge >= 0.3 is 0 Å². The second-order valence-electron chi connectivity index (χ2n) is 6.16. The molecule has 1 unspecified atom stereocenters. The minimum atomic E-state index is -3.31. The molecule has 122 valence electrons. The van der Waals surface area contributed by atoms with Crippen LogP contribution in [0.5, 0.6) is 0 Å². The van der Waals surface area contributed by atoms with Crippen molar-refractivity contribution in [3.63, 3.8) is 0 Å². The van der Waals surface area contributed by atoms with Gasteiger partial charge in [-0.25, -0.2) is 16.8 Å². The van der Waals surface area contributed by atoms with Crippen LogP contribution < -0.4 is 0 Å². The van der Waals surface area contributed by atoms with Gasteiger partial charge in [0.2, 0.25) is 0 Å². The summed E-state index contributed by atoms with van der Waals surface area (Å²) >= 11 is 0. The predicted molar refractivity (Wildman–Crippen MR) is 85.3 cm³/mol. The molecule has 0 aromatic heterocycles. The zero-order chi connectivity index (χ0) is 15.8. The molecule has 2 fully saturated rings. The number of benzene rings is 1. The highest BCUT2D eigenvalue weighted by Crippen LogP contribution is 2.32. The van der Waals surface area contributed by atoms with E-state index in [1.807, 2.05) is 0 Å². The van der Waals surface area contributed by atoms with Crippen LogP contribution in [-0.4, -0.2) is 57.6 Å². The van der Waals surface area contributed by atoms with Crippen molar-refractivity contribution in [2.24, 2.45) is 0 Å². The Morgan fingerprint density at radius 2 is 1.73 bits per heavy atom. The molecule has 1 aromatic rings. The van der Waals surface area contributed by atoms with Crippen LogP contribution in [0.15, 0.2) is 35.2 Å². The topological polar surface area (TPSA) is 71.5 Å². The molecule has 3 rings (SSSR count). The first kappa shape index (κ1) is 16.0. The second-order valence-corrected chi connectivity index (χ2v) is 10.5. The van der Waals surface area contributed by atoms with Gasteiger partial charge in [-0.05, 0) is 31.4 Å². The first-order valence-electron chi connectivity index (χ1n) is 7.61. The highest BCUT2D eigenvalue weighted by molar-refractivity contribution is 7.91. The average molecular weight is 343 g/mol. The minimum absolute atomic E-state index is 0.0107. The molecule has 5 nitrogen and oxygen atoms in total. The maximum Gasteiger partial charge on any atom is 0.179 e. The number of hydrogen-bond donors (Lipinski definition) is 0. The van der Waals surface area contributed by atoms with Crippen LogP contribution in [-0.2, 0) is 19.7 Å². The van der Waals surface area contributed by atoms with Crippen molar-refractivity contribution < 1.29 is 16.8 Å². The summed E-state index contributed by atoms with van der Waals surface area (Å²) in [5.41, 5.74) is 0. The SMILES string of the molecule is O=S1(=O)CCC(N(CCS(=O)(=O)c2ccccc2)C2CC2)C1. The molecule has 7 heteroatoms. The summed E-state index contributed by atoms with van der Waals surface area (Å²) in [4.78, 5) is 2.45. The molecule has 0 bridgehead atoms. The molecule has 1 aliphatic heterocycles. The van der Waals surface area contributed by atoms with Crippen LogP contribution in [0.4, 0.5) is 0 Å². The standard InChI is InChI=1S/C15H21NO4S2/c17-21(18)10-8-14(12-21)16(13-6-7-13)9-11-22(19,20)15-4-2-1-3-5-15/h1-5,13-14H,6-12H2. The monoisotopic (exact) mass is 343 g/mol. The van der Waals surface area contributed by atoms with E-state index in [2.05, 4.69) is 4.90 Å². The molecule has 1 aliphatic carbocycles. The van der Waals surface area contributed by atoms with E-state index < -0.39 is 19.7 Å². The van der Waals surface area contributed by atoms with E-state index in [0.717, 1.165) is 12.8 Å². The minimum Gasteiger partial charge on any atom is -0.295 e. The van der Waals surface area contributed by atoms with E-state index in [1.165, 1.54) is 0 Å². The van der Waals surface area contributed by atoms with Gasteiger partial charge < -0.3 is 0 Å². The van der Waals surface area contributed by atoms with E-state index in [4.69, 9.17) is 0 Å². The Balaban J connectivity index is 1.68. The lowest BCUT2D eigenvalue weighted by Gasteiger charge is -2.27. The average Bonchev–Trinajstić information content (AvgIpc) is 3.24. The molecular weight excluding hydrogens is 322 g/mol. The Bertz CT molecular complexity index is 724. The summed E-state index contributed by atoms with van der Waals surface area (Å²) in [6.07, 6.45) is 2.72. The lowest BCUT2D eigenvalue weighted by atomic mass is 10.2. The van der Waals surface area contributed by atoms with Crippen LogP contribution in [0.1, 0.15) is 19.3 Å². The largest absolute Gasteiger partial charge is 0.295 e. The molecule has 0 amide bonds. The quantitative estimate of drug-likeness (QED) is 0.774. The highest BCUT2D eigenvalue weighted by atomic mass is 32.2. The smallest absolute Gasteiger partial charge is 0.179 e. The normalized spacial score (nSPS) is 24.7. The Morgan fingerprint density at radius 1 is 1.05 bits per heavy atom. The van der Waals surface area contributed by atoms with Crippen molar-refractivity contribution in [1.29, 1.82) is 0 Å². The van der Waals surface area contributed by atoms with Crippen molar-refractivity contribution in [1.82, 2.24) is 4.90 Å².